The highest BCUT2D eigenvalue weighted by Crippen LogP contribution is 2.45. The average molecular weight is 473 g/mol. The van der Waals surface area contributed by atoms with Crippen molar-refractivity contribution in [2.45, 2.75) is 84.0 Å². The van der Waals surface area contributed by atoms with Gasteiger partial charge in [0.15, 0.2) is 11.6 Å². The van der Waals surface area contributed by atoms with Gasteiger partial charge in [0, 0.05) is 5.92 Å². The van der Waals surface area contributed by atoms with Crippen LogP contribution in [0, 0.1) is 35.3 Å². The first-order valence-electron chi connectivity index (χ1n) is 12.3. The molecule has 32 heavy (non-hydrogen) atoms. The van der Waals surface area contributed by atoms with Crippen molar-refractivity contribution in [3.05, 3.63) is 29.3 Å². The SMILES string of the molecule is CCCC1CCC(C2CCC(c3ccc(OCC(C)CP(=O)(O)O)c(F)c3F)CC2)CC1. The number of ether oxygens (including phenoxy) is 1. The summed E-state index contributed by atoms with van der Waals surface area (Å²) in [5.74, 6) is -0.0241. The lowest BCUT2D eigenvalue weighted by Gasteiger charge is -2.38. The predicted molar refractivity (Wildman–Crippen MR) is 123 cm³/mol. The molecule has 0 aliphatic heterocycles. The van der Waals surface area contributed by atoms with Gasteiger partial charge in [-0.05, 0) is 73.8 Å². The number of hydrogen-bond donors (Lipinski definition) is 2. The Kier molecular flexibility index (Phi) is 9.17. The van der Waals surface area contributed by atoms with Crippen molar-refractivity contribution in [2.75, 3.05) is 12.8 Å². The molecule has 1 unspecified atom stereocenters. The minimum absolute atomic E-state index is 0.0415. The van der Waals surface area contributed by atoms with Crippen LogP contribution in [0.4, 0.5) is 8.78 Å². The third kappa shape index (κ3) is 7.01. The molecule has 1 aromatic carbocycles. The van der Waals surface area contributed by atoms with Crippen molar-refractivity contribution < 1.29 is 27.9 Å². The van der Waals surface area contributed by atoms with Crippen molar-refractivity contribution in [2.24, 2.45) is 23.7 Å². The molecule has 3 rings (SSSR count). The van der Waals surface area contributed by atoms with Crippen LogP contribution in [0.5, 0.6) is 5.75 Å². The van der Waals surface area contributed by atoms with Crippen LogP contribution in [0.2, 0.25) is 0 Å². The fourth-order valence-corrected chi connectivity index (χ4v) is 6.84. The van der Waals surface area contributed by atoms with E-state index in [2.05, 4.69) is 6.92 Å². The molecule has 0 spiro atoms. The van der Waals surface area contributed by atoms with E-state index in [-0.39, 0.29) is 24.4 Å². The Morgan fingerprint density at radius 1 is 1.00 bits per heavy atom. The maximum Gasteiger partial charge on any atom is 0.325 e. The molecular formula is C25H39F2O4P. The third-order valence-electron chi connectivity index (χ3n) is 7.62. The molecule has 0 heterocycles. The maximum absolute atomic E-state index is 14.8. The summed E-state index contributed by atoms with van der Waals surface area (Å²) in [6.45, 7) is 3.80. The van der Waals surface area contributed by atoms with Gasteiger partial charge in [0.25, 0.3) is 0 Å². The van der Waals surface area contributed by atoms with Crippen LogP contribution < -0.4 is 4.74 Å². The predicted octanol–water partition coefficient (Wildman–Crippen LogP) is 7.04. The Bertz CT molecular complexity index is 780. The highest BCUT2D eigenvalue weighted by molar-refractivity contribution is 7.51. The molecule has 0 aromatic heterocycles. The monoisotopic (exact) mass is 472 g/mol. The summed E-state index contributed by atoms with van der Waals surface area (Å²) >= 11 is 0. The van der Waals surface area contributed by atoms with Crippen LogP contribution in [0.25, 0.3) is 0 Å². The van der Waals surface area contributed by atoms with Crippen LogP contribution in [0.1, 0.15) is 89.5 Å². The Balaban J connectivity index is 1.52. The van der Waals surface area contributed by atoms with Gasteiger partial charge in [-0.2, -0.15) is 4.39 Å². The first-order chi connectivity index (χ1) is 15.2. The van der Waals surface area contributed by atoms with E-state index in [1.165, 1.54) is 44.6 Å². The van der Waals surface area contributed by atoms with Gasteiger partial charge in [-0.1, -0.05) is 45.6 Å². The Labute approximate surface area is 191 Å². The largest absolute Gasteiger partial charge is 0.490 e. The van der Waals surface area contributed by atoms with Crippen molar-refractivity contribution in [3.8, 4) is 5.75 Å². The van der Waals surface area contributed by atoms with Gasteiger partial charge in [0.05, 0.1) is 12.8 Å². The van der Waals surface area contributed by atoms with E-state index < -0.39 is 25.1 Å². The van der Waals surface area contributed by atoms with Gasteiger partial charge in [-0.3, -0.25) is 4.57 Å². The van der Waals surface area contributed by atoms with E-state index in [1.54, 1.807) is 13.0 Å². The number of hydrogen-bond acceptors (Lipinski definition) is 2. The first-order valence-corrected chi connectivity index (χ1v) is 14.1. The quantitative estimate of drug-likeness (QED) is 0.378. The summed E-state index contributed by atoms with van der Waals surface area (Å²) in [6.07, 6.45) is 11.6. The molecule has 2 saturated carbocycles. The van der Waals surface area contributed by atoms with E-state index in [4.69, 9.17) is 14.5 Å². The summed E-state index contributed by atoms with van der Waals surface area (Å²) in [6, 6.07) is 3.08. The lowest BCUT2D eigenvalue weighted by atomic mass is 9.68. The highest BCUT2D eigenvalue weighted by Gasteiger charge is 2.32. The molecule has 2 aliphatic carbocycles. The molecule has 1 aromatic rings. The van der Waals surface area contributed by atoms with Crippen molar-refractivity contribution in [3.63, 3.8) is 0 Å². The van der Waals surface area contributed by atoms with Gasteiger partial charge < -0.3 is 14.5 Å². The van der Waals surface area contributed by atoms with Crippen molar-refractivity contribution in [1.29, 1.82) is 0 Å². The summed E-state index contributed by atoms with van der Waals surface area (Å²) in [4.78, 5) is 18.0. The molecule has 182 valence electrons. The fourth-order valence-electron chi connectivity index (χ4n) is 5.92. The standard InChI is InChI=1S/C25H39F2O4P/c1-3-4-18-5-7-19(8-6-18)20-9-11-21(12-10-20)22-13-14-23(25(27)24(22)26)31-15-17(2)16-32(28,29)30/h13-14,17-21H,3-12,15-16H2,1-2H3,(H2,28,29,30). The minimum atomic E-state index is -4.16. The molecule has 0 bridgehead atoms. The van der Waals surface area contributed by atoms with Crippen LogP contribution >= 0.6 is 7.60 Å². The van der Waals surface area contributed by atoms with Gasteiger partial charge in [0.2, 0.25) is 5.82 Å². The highest BCUT2D eigenvalue weighted by atomic mass is 31.2. The molecule has 7 heteroatoms. The lowest BCUT2D eigenvalue weighted by molar-refractivity contribution is 0.155. The summed E-state index contributed by atoms with van der Waals surface area (Å²) in [5, 5.41) is 0. The van der Waals surface area contributed by atoms with Crippen molar-refractivity contribution >= 4 is 7.60 Å². The third-order valence-corrected chi connectivity index (χ3v) is 8.72. The summed E-state index contributed by atoms with van der Waals surface area (Å²) in [5.41, 5.74) is 0.434. The number of rotatable bonds is 9. The number of benzene rings is 1. The van der Waals surface area contributed by atoms with E-state index in [0.717, 1.165) is 43.4 Å². The topological polar surface area (TPSA) is 66.8 Å². The molecule has 1 atom stereocenters. The molecule has 0 amide bonds. The summed E-state index contributed by atoms with van der Waals surface area (Å²) < 4.78 is 45.8. The average Bonchev–Trinajstić information content (AvgIpc) is 2.75. The van der Waals surface area contributed by atoms with Crippen LogP contribution in [0.15, 0.2) is 12.1 Å². The number of halogens is 2. The Morgan fingerprint density at radius 3 is 2.16 bits per heavy atom. The van der Waals surface area contributed by atoms with E-state index in [9.17, 15) is 13.3 Å². The first kappa shape index (κ1) is 25.6. The second-order valence-electron chi connectivity index (χ2n) is 10.2. The molecule has 2 aliphatic rings. The smallest absolute Gasteiger partial charge is 0.325 e. The van der Waals surface area contributed by atoms with Crippen LogP contribution in [-0.2, 0) is 4.57 Å². The zero-order valence-corrected chi connectivity index (χ0v) is 20.3. The Hall–Kier alpha value is -0.970. The van der Waals surface area contributed by atoms with Crippen molar-refractivity contribution in [1.82, 2.24) is 0 Å². The Morgan fingerprint density at radius 2 is 1.59 bits per heavy atom. The zero-order valence-electron chi connectivity index (χ0n) is 19.4. The van der Waals surface area contributed by atoms with Gasteiger partial charge >= 0.3 is 7.60 Å². The molecule has 2 N–H and O–H groups in total. The second kappa shape index (κ2) is 11.4. The van der Waals surface area contributed by atoms with E-state index in [0.29, 0.717) is 5.56 Å². The normalized spacial score (nSPS) is 27.8. The van der Waals surface area contributed by atoms with Crippen LogP contribution in [0.3, 0.4) is 0 Å². The maximum atomic E-state index is 14.8. The van der Waals surface area contributed by atoms with Gasteiger partial charge in [-0.15, -0.1) is 0 Å². The van der Waals surface area contributed by atoms with Gasteiger partial charge in [0.1, 0.15) is 0 Å². The molecule has 0 radical (unpaired) electrons. The van der Waals surface area contributed by atoms with Gasteiger partial charge in [-0.25, -0.2) is 4.39 Å². The fraction of sp³-hybridized carbons (Fsp3) is 0.760. The van der Waals surface area contributed by atoms with E-state index >= 15 is 0 Å². The lowest BCUT2D eigenvalue weighted by Crippen LogP contribution is -2.25. The molecule has 0 saturated heterocycles. The summed E-state index contributed by atoms with van der Waals surface area (Å²) in [7, 11) is -4.16. The molecule has 2 fully saturated rings. The molecular weight excluding hydrogens is 433 g/mol. The second-order valence-corrected chi connectivity index (χ2v) is 11.9. The minimum Gasteiger partial charge on any atom is -0.490 e. The zero-order chi connectivity index (χ0) is 23.3. The molecule has 4 nitrogen and oxygen atoms in total. The van der Waals surface area contributed by atoms with Crippen LogP contribution in [-0.4, -0.2) is 22.6 Å². The van der Waals surface area contributed by atoms with E-state index in [1.807, 2.05) is 0 Å².